The van der Waals surface area contributed by atoms with Crippen molar-refractivity contribution in [2.24, 2.45) is 0 Å². The molecule has 0 saturated heterocycles. The number of aromatic nitrogens is 3. The highest BCUT2D eigenvalue weighted by atomic mass is 32.1. The molecule has 0 spiro atoms. The van der Waals surface area contributed by atoms with Crippen molar-refractivity contribution in [1.82, 2.24) is 15.0 Å². The van der Waals surface area contributed by atoms with E-state index in [9.17, 15) is 0 Å². The molecule has 68 valence electrons. The second-order valence-corrected chi connectivity index (χ2v) is 4.19. The van der Waals surface area contributed by atoms with Crippen molar-refractivity contribution in [3.8, 4) is 0 Å². The number of nitrogens with zero attached hydrogens (tertiary/aromatic N) is 3. The minimum Gasteiger partial charge on any atom is -0.245 e. The van der Waals surface area contributed by atoms with Crippen LogP contribution >= 0.6 is 11.3 Å². The molecule has 0 aromatic carbocycles. The van der Waals surface area contributed by atoms with Crippen LogP contribution in [0.3, 0.4) is 0 Å². The van der Waals surface area contributed by atoms with E-state index in [1.807, 2.05) is 19.3 Å². The lowest BCUT2D eigenvalue weighted by Gasteiger charge is -1.91. The van der Waals surface area contributed by atoms with E-state index in [1.54, 1.807) is 17.7 Å². The maximum absolute atomic E-state index is 4.37. The first-order valence-corrected chi connectivity index (χ1v) is 5.11. The van der Waals surface area contributed by atoms with Crippen molar-refractivity contribution >= 4 is 31.8 Å². The van der Waals surface area contributed by atoms with E-state index < -0.39 is 0 Å². The molecule has 0 fully saturated rings. The van der Waals surface area contributed by atoms with Gasteiger partial charge in [-0.15, -0.1) is 0 Å². The van der Waals surface area contributed by atoms with Crippen LogP contribution in [0.15, 0.2) is 24.8 Å². The number of hydrogen-bond acceptors (Lipinski definition) is 4. The number of pyridine rings is 1. The van der Waals surface area contributed by atoms with Crippen LogP contribution in [0.25, 0.3) is 20.4 Å². The lowest BCUT2D eigenvalue weighted by molar-refractivity contribution is 1.24. The van der Waals surface area contributed by atoms with Gasteiger partial charge in [0.1, 0.15) is 16.0 Å². The Bertz CT molecular complexity index is 615. The molecule has 3 heterocycles. The Labute approximate surface area is 84.5 Å². The Kier molecular flexibility index (Phi) is 1.52. The number of hydrogen-bond donors (Lipinski definition) is 0. The minimum absolute atomic E-state index is 1.01. The molecule has 0 bridgehead atoms. The molecule has 3 aromatic heterocycles. The summed E-state index contributed by atoms with van der Waals surface area (Å²) in [5.74, 6) is 0. The van der Waals surface area contributed by atoms with E-state index >= 15 is 0 Å². The molecule has 0 radical (unpaired) electrons. The van der Waals surface area contributed by atoms with E-state index in [0.717, 1.165) is 20.4 Å². The van der Waals surface area contributed by atoms with Crippen LogP contribution in [0.4, 0.5) is 0 Å². The maximum atomic E-state index is 4.37. The molecular weight excluding hydrogens is 194 g/mol. The number of thiophene rings is 1. The summed E-state index contributed by atoms with van der Waals surface area (Å²) in [6, 6.07) is 2.13. The highest BCUT2D eigenvalue weighted by Gasteiger charge is 2.06. The van der Waals surface area contributed by atoms with Crippen LogP contribution in [0.1, 0.15) is 5.56 Å². The summed E-state index contributed by atoms with van der Waals surface area (Å²) >= 11 is 1.61. The van der Waals surface area contributed by atoms with Crippen LogP contribution < -0.4 is 0 Å². The monoisotopic (exact) mass is 201 g/mol. The fraction of sp³-hybridized carbons (Fsp3) is 0.100. The summed E-state index contributed by atoms with van der Waals surface area (Å²) in [5.41, 5.74) is 1.17. The molecule has 3 nitrogen and oxygen atoms in total. The zero-order valence-electron chi connectivity index (χ0n) is 7.56. The average molecular weight is 201 g/mol. The SMILES string of the molecule is Cc1cnc2sc3ncncc3c2c1. The second-order valence-electron chi connectivity index (χ2n) is 3.21. The predicted octanol–water partition coefficient (Wildman–Crippen LogP) is 2.55. The normalized spacial score (nSPS) is 11.2. The van der Waals surface area contributed by atoms with E-state index in [1.165, 1.54) is 5.56 Å². The van der Waals surface area contributed by atoms with E-state index in [-0.39, 0.29) is 0 Å². The van der Waals surface area contributed by atoms with Gasteiger partial charge in [0, 0.05) is 23.2 Å². The predicted molar refractivity (Wildman–Crippen MR) is 57.5 cm³/mol. The van der Waals surface area contributed by atoms with Crippen molar-refractivity contribution in [2.45, 2.75) is 6.92 Å². The highest BCUT2D eigenvalue weighted by molar-refractivity contribution is 7.25. The largest absolute Gasteiger partial charge is 0.245 e. The zero-order chi connectivity index (χ0) is 9.54. The summed E-state index contributed by atoms with van der Waals surface area (Å²) in [7, 11) is 0. The van der Waals surface area contributed by atoms with Crippen LogP contribution in [0, 0.1) is 6.92 Å². The molecule has 0 atom stereocenters. The minimum atomic E-state index is 1.01. The number of aryl methyl sites for hydroxylation is 1. The first-order valence-electron chi connectivity index (χ1n) is 4.29. The third-order valence-corrected chi connectivity index (χ3v) is 3.18. The van der Waals surface area contributed by atoms with Crippen molar-refractivity contribution < 1.29 is 0 Å². The summed E-state index contributed by atoms with van der Waals surface area (Å²) in [6.45, 7) is 2.04. The Morgan fingerprint density at radius 2 is 1.93 bits per heavy atom. The van der Waals surface area contributed by atoms with Gasteiger partial charge < -0.3 is 0 Å². The molecule has 0 aliphatic rings. The average Bonchev–Trinajstić information content (AvgIpc) is 2.56. The fourth-order valence-electron chi connectivity index (χ4n) is 1.51. The van der Waals surface area contributed by atoms with Crippen molar-refractivity contribution in [3.05, 3.63) is 30.4 Å². The highest BCUT2D eigenvalue weighted by Crippen LogP contribution is 2.30. The van der Waals surface area contributed by atoms with Gasteiger partial charge in [-0.2, -0.15) is 0 Å². The molecule has 0 unspecified atom stereocenters. The van der Waals surface area contributed by atoms with Crippen LogP contribution in [-0.4, -0.2) is 15.0 Å². The van der Waals surface area contributed by atoms with Gasteiger partial charge in [0.15, 0.2) is 0 Å². The topological polar surface area (TPSA) is 38.7 Å². The Morgan fingerprint density at radius 1 is 1.07 bits per heavy atom. The lowest BCUT2D eigenvalue weighted by atomic mass is 10.2. The second kappa shape index (κ2) is 2.72. The first-order chi connectivity index (χ1) is 6.84. The lowest BCUT2D eigenvalue weighted by Crippen LogP contribution is -1.76. The Morgan fingerprint density at radius 3 is 2.86 bits per heavy atom. The van der Waals surface area contributed by atoms with Crippen LogP contribution in [-0.2, 0) is 0 Å². The number of fused-ring (bicyclic) bond motifs is 3. The number of rotatable bonds is 0. The van der Waals surface area contributed by atoms with Gasteiger partial charge in [0.25, 0.3) is 0 Å². The smallest absolute Gasteiger partial charge is 0.129 e. The Hall–Kier alpha value is -1.55. The van der Waals surface area contributed by atoms with Gasteiger partial charge in [-0.05, 0) is 18.6 Å². The molecule has 4 heteroatoms. The fourth-order valence-corrected chi connectivity index (χ4v) is 2.45. The molecule has 3 aromatic rings. The molecular formula is C10H7N3S. The van der Waals surface area contributed by atoms with E-state index in [4.69, 9.17) is 0 Å². The van der Waals surface area contributed by atoms with E-state index in [2.05, 4.69) is 21.0 Å². The summed E-state index contributed by atoms with van der Waals surface area (Å²) in [6.07, 6.45) is 5.30. The summed E-state index contributed by atoms with van der Waals surface area (Å²) in [5, 5.41) is 2.26. The zero-order valence-corrected chi connectivity index (χ0v) is 8.38. The molecule has 0 saturated carbocycles. The van der Waals surface area contributed by atoms with Gasteiger partial charge in [0.05, 0.1) is 0 Å². The summed E-state index contributed by atoms with van der Waals surface area (Å²) in [4.78, 5) is 14.7. The van der Waals surface area contributed by atoms with Gasteiger partial charge in [-0.25, -0.2) is 15.0 Å². The van der Waals surface area contributed by atoms with Crippen molar-refractivity contribution in [1.29, 1.82) is 0 Å². The van der Waals surface area contributed by atoms with Gasteiger partial charge in [0.2, 0.25) is 0 Å². The Balaban J connectivity index is 2.58. The van der Waals surface area contributed by atoms with Gasteiger partial charge >= 0.3 is 0 Å². The molecule has 14 heavy (non-hydrogen) atoms. The van der Waals surface area contributed by atoms with Crippen molar-refractivity contribution in [2.75, 3.05) is 0 Å². The molecule has 0 amide bonds. The van der Waals surface area contributed by atoms with Gasteiger partial charge in [-0.1, -0.05) is 11.3 Å². The van der Waals surface area contributed by atoms with E-state index in [0.29, 0.717) is 0 Å². The molecule has 3 rings (SSSR count). The third-order valence-electron chi connectivity index (χ3n) is 2.15. The molecule has 0 N–H and O–H groups in total. The van der Waals surface area contributed by atoms with Crippen molar-refractivity contribution in [3.63, 3.8) is 0 Å². The van der Waals surface area contributed by atoms with Crippen LogP contribution in [0.5, 0.6) is 0 Å². The third kappa shape index (κ3) is 1.01. The quantitative estimate of drug-likeness (QED) is 0.561. The molecule has 0 aliphatic carbocycles. The standard InChI is InChI=1S/C10H7N3S/c1-6-2-7-8-4-11-5-13-10(8)14-9(7)12-3-6/h2-5H,1H3. The summed E-state index contributed by atoms with van der Waals surface area (Å²) < 4.78 is 0. The van der Waals surface area contributed by atoms with Crippen LogP contribution in [0.2, 0.25) is 0 Å². The maximum Gasteiger partial charge on any atom is 0.129 e. The first kappa shape index (κ1) is 7.82. The van der Waals surface area contributed by atoms with Gasteiger partial charge in [-0.3, -0.25) is 0 Å². The molecule has 0 aliphatic heterocycles.